The van der Waals surface area contributed by atoms with Crippen molar-refractivity contribution in [3.63, 3.8) is 0 Å². The Balaban J connectivity index is 1.99. The van der Waals surface area contributed by atoms with E-state index in [1.165, 1.54) is 10.4 Å². The topological polar surface area (TPSA) is 38.7 Å². The zero-order valence-corrected chi connectivity index (χ0v) is 13.8. The average Bonchev–Trinajstić information content (AvgIpc) is 2.92. The van der Waals surface area contributed by atoms with Crippen LogP contribution in [0.1, 0.15) is 0 Å². The van der Waals surface area contributed by atoms with Crippen LogP contribution in [0.3, 0.4) is 0 Å². The van der Waals surface area contributed by atoms with Gasteiger partial charge in [0.1, 0.15) is 14.9 Å². The summed E-state index contributed by atoms with van der Waals surface area (Å²) in [6.07, 6.45) is -0.575. The van der Waals surface area contributed by atoms with E-state index in [9.17, 15) is 5.11 Å². The monoisotopic (exact) mass is 314 g/mol. The van der Waals surface area contributed by atoms with Crippen molar-refractivity contribution >= 4 is 18.4 Å². The first kappa shape index (κ1) is 15.4. The molecule has 0 bridgehead atoms. The Kier molecular flexibility index (Phi) is 4.74. The molecule has 2 aromatic rings. The maximum absolute atomic E-state index is 10.5. The van der Waals surface area contributed by atoms with Gasteiger partial charge in [0.05, 0.1) is 12.2 Å². The second-order valence-corrected chi connectivity index (χ2v) is 10.0. The highest BCUT2D eigenvalue weighted by molar-refractivity contribution is 7.03. The Labute approximate surface area is 132 Å². The average molecular weight is 314 g/mol. The number of aliphatic hydroxyl groups is 1. The Morgan fingerprint density at radius 2 is 1.50 bits per heavy atom. The van der Waals surface area contributed by atoms with Crippen LogP contribution in [-0.4, -0.2) is 39.3 Å². The summed E-state index contributed by atoms with van der Waals surface area (Å²) in [5, 5.41) is 13.3. The van der Waals surface area contributed by atoms with Gasteiger partial charge in [-0.2, -0.15) is 0 Å². The van der Waals surface area contributed by atoms with E-state index < -0.39 is 14.2 Å². The number of ether oxygens (including phenoxy) is 2. The molecular weight excluding hydrogens is 292 g/mol. The second kappa shape index (κ2) is 6.75. The van der Waals surface area contributed by atoms with E-state index in [1.807, 2.05) is 12.1 Å². The molecule has 116 valence electrons. The van der Waals surface area contributed by atoms with Gasteiger partial charge < -0.3 is 14.6 Å². The molecule has 2 atom stereocenters. The van der Waals surface area contributed by atoms with Crippen molar-refractivity contribution in [2.24, 2.45) is 0 Å². The molecule has 1 aliphatic rings. The van der Waals surface area contributed by atoms with Crippen molar-refractivity contribution < 1.29 is 14.6 Å². The number of hydrogen-bond donors (Lipinski definition) is 1. The number of rotatable bonds is 5. The van der Waals surface area contributed by atoms with Crippen LogP contribution in [0, 0.1) is 0 Å². The summed E-state index contributed by atoms with van der Waals surface area (Å²) in [5.41, 5.74) is 0. The largest absolute Gasteiger partial charge is 0.391 e. The third-order valence-electron chi connectivity index (χ3n) is 4.59. The van der Waals surface area contributed by atoms with Gasteiger partial charge in [-0.3, -0.25) is 0 Å². The van der Waals surface area contributed by atoms with Crippen LogP contribution in [-0.2, 0) is 9.47 Å². The fourth-order valence-electron chi connectivity index (χ4n) is 3.53. The number of hydrogen-bond acceptors (Lipinski definition) is 3. The number of methoxy groups -OCH3 is 1. The van der Waals surface area contributed by atoms with Crippen LogP contribution < -0.4 is 10.4 Å². The quantitative estimate of drug-likeness (QED) is 0.673. The lowest BCUT2D eigenvalue weighted by Crippen LogP contribution is -2.56. The molecule has 3 rings (SSSR count). The molecule has 1 N–H and O–H groups in total. The molecule has 0 unspecified atom stereocenters. The van der Waals surface area contributed by atoms with E-state index in [0.29, 0.717) is 0 Å². The zero-order chi connectivity index (χ0) is 15.4. The van der Waals surface area contributed by atoms with Gasteiger partial charge in [-0.1, -0.05) is 71.0 Å². The summed E-state index contributed by atoms with van der Waals surface area (Å²) in [6, 6.07) is 22.9. The van der Waals surface area contributed by atoms with Gasteiger partial charge in [-0.05, 0) is 12.1 Å². The first-order valence-electron chi connectivity index (χ1n) is 7.66. The number of aliphatic hydroxyl groups excluding tert-OH is 1. The first-order valence-corrected chi connectivity index (χ1v) is 10.1. The van der Waals surface area contributed by atoms with Gasteiger partial charge in [0.25, 0.3) is 0 Å². The minimum absolute atomic E-state index is 0.146. The molecule has 1 heterocycles. The SMILES string of the molecule is COCO[C@@H]1C[Si](c2ccccc2)(c2ccccc2)C[C@@H]1O. The number of benzene rings is 2. The van der Waals surface area contributed by atoms with E-state index in [-0.39, 0.29) is 12.9 Å². The maximum atomic E-state index is 10.5. The molecule has 1 saturated heterocycles. The summed E-state index contributed by atoms with van der Waals surface area (Å²) in [5.74, 6) is 0. The molecule has 0 saturated carbocycles. The summed E-state index contributed by atoms with van der Waals surface area (Å²) < 4.78 is 10.7. The highest BCUT2D eigenvalue weighted by Crippen LogP contribution is 2.32. The molecule has 4 heteroatoms. The standard InChI is InChI=1S/C18H22O3Si/c1-20-14-21-18-13-22(12-17(18)19,15-8-4-2-5-9-15)16-10-6-3-7-11-16/h2-11,17-19H,12-14H2,1H3/t17-,18+/m0/s1. The van der Waals surface area contributed by atoms with Crippen molar-refractivity contribution in [1.82, 2.24) is 0 Å². The Morgan fingerprint density at radius 1 is 0.955 bits per heavy atom. The molecule has 3 nitrogen and oxygen atoms in total. The molecule has 1 fully saturated rings. The van der Waals surface area contributed by atoms with E-state index in [4.69, 9.17) is 9.47 Å². The van der Waals surface area contributed by atoms with Crippen molar-refractivity contribution in [3.8, 4) is 0 Å². The van der Waals surface area contributed by atoms with E-state index >= 15 is 0 Å². The fraction of sp³-hybridized carbons (Fsp3) is 0.333. The third kappa shape index (κ3) is 2.87. The van der Waals surface area contributed by atoms with Crippen molar-refractivity contribution in [3.05, 3.63) is 60.7 Å². The zero-order valence-electron chi connectivity index (χ0n) is 12.8. The molecule has 0 aromatic heterocycles. The Hall–Kier alpha value is -1.46. The van der Waals surface area contributed by atoms with Crippen molar-refractivity contribution in [1.29, 1.82) is 0 Å². The smallest absolute Gasteiger partial charge is 0.146 e. The summed E-state index contributed by atoms with van der Waals surface area (Å²) in [4.78, 5) is 0. The van der Waals surface area contributed by atoms with Crippen molar-refractivity contribution in [2.75, 3.05) is 13.9 Å². The summed E-state index contributed by atoms with van der Waals surface area (Å²) >= 11 is 0. The van der Waals surface area contributed by atoms with Gasteiger partial charge in [-0.25, -0.2) is 0 Å². The molecule has 1 aliphatic heterocycles. The highest BCUT2D eigenvalue weighted by Gasteiger charge is 2.49. The molecule has 0 aliphatic carbocycles. The first-order chi connectivity index (χ1) is 10.8. The summed E-state index contributed by atoms with van der Waals surface area (Å²) in [7, 11) is -0.380. The van der Waals surface area contributed by atoms with Gasteiger partial charge >= 0.3 is 0 Å². The van der Waals surface area contributed by atoms with Gasteiger partial charge in [0.15, 0.2) is 0 Å². The van der Waals surface area contributed by atoms with Crippen LogP contribution in [0.4, 0.5) is 0 Å². The fourth-order valence-corrected chi connectivity index (χ4v) is 8.69. The third-order valence-corrected chi connectivity index (χ3v) is 9.68. The van der Waals surface area contributed by atoms with E-state index in [0.717, 1.165) is 12.1 Å². The van der Waals surface area contributed by atoms with Crippen LogP contribution >= 0.6 is 0 Å². The Bertz CT molecular complexity index is 548. The Morgan fingerprint density at radius 3 is 2.00 bits per heavy atom. The lowest BCUT2D eigenvalue weighted by Gasteiger charge is -2.28. The molecular formula is C18H22O3Si. The predicted molar refractivity (Wildman–Crippen MR) is 90.3 cm³/mol. The van der Waals surface area contributed by atoms with E-state index in [2.05, 4.69) is 48.5 Å². The minimum Gasteiger partial charge on any atom is -0.391 e. The van der Waals surface area contributed by atoms with Crippen LogP contribution in [0.25, 0.3) is 0 Å². The highest BCUT2D eigenvalue weighted by atomic mass is 28.3. The van der Waals surface area contributed by atoms with Gasteiger partial charge in [0, 0.05) is 7.11 Å². The van der Waals surface area contributed by atoms with Crippen LogP contribution in [0.15, 0.2) is 60.7 Å². The van der Waals surface area contributed by atoms with Crippen LogP contribution in [0.2, 0.25) is 12.1 Å². The normalized spacial score (nSPS) is 23.5. The maximum Gasteiger partial charge on any atom is 0.146 e. The predicted octanol–water partition coefficient (Wildman–Crippen LogP) is 1.61. The lowest BCUT2D eigenvalue weighted by molar-refractivity contribution is -0.0956. The van der Waals surface area contributed by atoms with Gasteiger partial charge in [-0.15, -0.1) is 0 Å². The van der Waals surface area contributed by atoms with Crippen LogP contribution in [0.5, 0.6) is 0 Å². The van der Waals surface area contributed by atoms with E-state index in [1.54, 1.807) is 7.11 Å². The molecule has 2 aromatic carbocycles. The minimum atomic E-state index is -1.99. The van der Waals surface area contributed by atoms with Gasteiger partial charge in [0.2, 0.25) is 0 Å². The lowest BCUT2D eigenvalue weighted by atomic mass is 10.3. The molecule has 0 amide bonds. The molecule has 0 spiro atoms. The molecule has 22 heavy (non-hydrogen) atoms. The second-order valence-electron chi connectivity index (χ2n) is 5.90. The molecule has 0 radical (unpaired) electrons. The summed E-state index contributed by atoms with van der Waals surface area (Å²) in [6.45, 7) is 0.232. The van der Waals surface area contributed by atoms with Crippen molar-refractivity contribution in [2.45, 2.75) is 24.3 Å².